The number of hydrogen-bond donors (Lipinski definition) is 0. The molecule has 0 N–H and O–H groups in total. The first-order valence-electron chi connectivity index (χ1n) is 15.5. The fourth-order valence-electron chi connectivity index (χ4n) is 6.93. The number of rotatable bonds is 5. The largest absolute Gasteiger partial charge is 0.309 e. The van der Waals surface area contributed by atoms with Crippen LogP contribution in [0.1, 0.15) is 0 Å². The van der Waals surface area contributed by atoms with Crippen LogP contribution >= 0.6 is 0 Å². The molecule has 0 radical (unpaired) electrons. The molecule has 0 amide bonds. The minimum Gasteiger partial charge on any atom is -0.309 e. The van der Waals surface area contributed by atoms with Crippen LogP contribution in [0.15, 0.2) is 169 Å². The van der Waals surface area contributed by atoms with E-state index in [0.29, 0.717) is 11.0 Å². The van der Waals surface area contributed by atoms with Gasteiger partial charge < -0.3 is 4.90 Å². The molecule has 0 saturated heterocycles. The number of para-hydroxylation sites is 4. The summed E-state index contributed by atoms with van der Waals surface area (Å²) in [4.78, 5) is 21.5. The van der Waals surface area contributed by atoms with E-state index in [1.165, 1.54) is 0 Å². The Labute approximate surface area is 265 Å². The van der Waals surface area contributed by atoms with Gasteiger partial charge in [0.05, 0.1) is 28.1 Å². The van der Waals surface area contributed by atoms with Crippen molar-refractivity contribution in [1.82, 2.24) is 9.38 Å². The normalized spacial score (nSPS) is 11.6. The van der Waals surface area contributed by atoms with Gasteiger partial charge in [0, 0.05) is 32.7 Å². The molecule has 4 heteroatoms. The van der Waals surface area contributed by atoms with Gasteiger partial charge in [-0.25, -0.2) is 4.98 Å². The molecule has 9 aromatic rings. The molecule has 0 aliphatic heterocycles. The zero-order chi connectivity index (χ0) is 30.6. The molecule has 9 rings (SSSR count). The quantitative estimate of drug-likeness (QED) is 0.200. The lowest BCUT2D eigenvalue weighted by Crippen LogP contribution is -2.15. The van der Waals surface area contributed by atoms with Gasteiger partial charge in [-0.15, -0.1) is 0 Å². The molecular formula is C42H27N3O. The van der Waals surface area contributed by atoms with E-state index in [4.69, 9.17) is 4.98 Å². The number of nitrogens with zero attached hydrogens (tertiary/aromatic N) is 3. The SMILES string of the molecule is O=c1c2cccc3c(N(c4ccccc4-c4ccccc4)c4ccccc4-c4ccccc4)ccc(c32)c2nc3ccccc3n12. The topological polar surface area (TPSA) is 37.6 Å². The van der Waals surface area contributed by atoms with Crippen LogP contribution in [0.2, 0.25) is 0 Å². The third-order valence-electron chi connectivity index (χ3n) is 8.95. The number of hydrogen-bond acceptors (Lipinski definition) is 3. The third-order valence-corrected chi connectivity index (χ3v) is 8.95. The monoisotopic (exact) mass is 589 g/mol. The summed E-state index contributed by atoms with van der Waals surface area (Å²) in [6.45, 7) is 0. The van der Waals surface area contributed by atoms with Gasteiger partial charge >= 0.3 is 0 Å². The predicted molar refractivity (Wildman–Crippen MR) is 191 cm³/mol. The van der Waals surface area contributed by atoms with Crippen LogP contribution in [0, 0.1) is 0 Å². The lowest BCUT2D eigenvalue weighted by molar-refractivity contribution is 1.19. The Bertz CT molecular complexity index is 2530. The highest BCUT2D eigenvalue weighted by Crippen LogP contribution is 2.47. The molecule has 0 aliphatic rings. The highest BCUT2D eigenvalue weighted by Gasteiger charge is 2.24. The maximum absolute atomic E-state index is 14.2. The van der Waals surface area contributed by atoms with Crippen LogP contribution in [0.5, 0.6) is 0 Å². The Balaban J connectivity index is 1.40. The Morgan fingerprint density at radius 3 is 1.70 bits per heavy atom. The first kappa shape index (κ1) is 26.2. The molecule has 7 aromatic carbocycles. The number of benzene rings is 7. The maximum atomic E-state index is 14.2. The van der Waals surface area contributed by atoms with E-state index in [-0.39, 0.29) is 5.56 Å². The van der Waals surface area contributed by atoms with Crippen molar-refractivity contribution >= 4 is 55.3 Å². The van der Waals surface area contributed by atoms with Crippen LogP contribution in [0.4, 0.5) is 17.1 Å². The summed E-state index contributed by atoms with van der Waals surface area (Å²) in [5.41, 5.74) is 9.84. The molecule has 0 spiro atoms. The highest BCUT2D eigenvalue weighted by molar-refractivity contribution is 6.20. The van der Waals surface area contributed by atoms with E-state index in [9.17, 15) is 4.79 Å². The second-order valence-corrected chi connectivity index (χ2v) is 11.5. The second-order valence-electron chi connectivity index (χ2n) is 11.5. The Kier molecular flexibility index (Phi) is 5.93. The Hall–Kier alpha value is -6.26. The van der Waals surface area contributed by atoms with Gasteiger partial charge in [-0.3, -0.25) is 9.20 Å². The summed E-state index contributed by atoms with van der Waals surface area (Å²) in [6, 6.07) is 56.4. The van der Waals surface area contributed by atoms with Crippen LogP contribution < -0.4 is 10.5 Å². The predicted octanol–water partition coefficient (Wildman–Crippen LogP) is 10.4. The number of fused-ring (bicyclic) bond motifs is 4. The molecule has 4 nitrogen and oxygen atoms in total. The van der Waals surface area contributed by atoms with Gasteiger partial charge in [0.1, 0.15) is 5.65 Å². The molecule has 0 atom stereocenters. The Morgan fingerprint density at radius 2 is 1.02 bits per heavy atom. The summed E-state index contributed by atoms with van der Waals surface area (Å²) in [6.07, 6.45) is 0. The van der Waals surface area contributed by atoms with Crippen molar-refractivity contribution in [2.24, 2.45) is 0 Å². The van der Waals surface area contributed by atoms with E-state index in [2.05, 4.69) is 120 Å². The minimum atomic E-state index is -0.0557. The molecule has 216 valence electrons. The van der Waals surface area contributed by atoms with Gasteiger partial charge in [-0.1, -0.05) is 121 Å². The van der Waals surface area contributed by atoms with E-state index in [0.717, 1.165) is 66.5 Å². The molecule has 0 fully saturated rings. The van der Waals surface area contributed by atoms with Gasteiger partial charge in [0.25, 0.3) is 5.56 Å². The maximum Gasteiger partial charge on any atom is 0.264 e. The zero-order valence-corrected chi connectivity index (χ0v) is 24.8. The van der Waals surface area contributed by atoms with E-state index >= 15 is 0 Å². The molecule has 0 aliphatic carbocycles. The van der Waals surface area contributed by atoms with Crippen LogP contribution in [-0.2, 0) is 0 Å². The van der Waals surface area contributed by atoms with Gasteiger partial charge in [0.2, 0.25) is 0 Å². The van der Waals surface area contributed by atoms with Crippen LogP contribution in [0.25, 0.3) is 60.5 Å². The zero-order valence-electron chi connectivity index (χ0n) is 24.8. The molecular weight excluding hydrogens is 562 g/mol. The summed E-state index contributed by atoms with van der Waals surface area (Å²) >= 11 is 0. The summed E-state index contributed by atoms with van der Waals surface area (Å²) < 4.78 is 1.76. The van der Waals surface area contributed by atoms with E-state index in [1.54, 1.807) is 4.40 Å². The molecule has 2 aromatic heterocycles. The van der Waals surface area contributed by atoms with Crippen molar-refractivity contribution in [2.45, 2.75) is 0 Å². The lowest BCUT2D eigenvalue weighted by atomic mass is 9.96. The number of pyridine rings is 1. The van der Waals surface area contributed by atoms with E-state index < -0.39 is 0 Å². The van der Waals surface area contributed by atoms with Gasteiger partial charge in [-0.05, 0) is 53.6 Å². The average Bonchev–Trinajstić information content (AvgIpc) is 3.52. The molecule has 0 bridgehead atoms. The number of imidazole rings is 1. The van der Waals surface area contributed by atoms with Crippen molar-refractivity contribution in [1.29, 1.82) is 0 Å². The lowest BCUT2D eigenvalue weighted by Gasteiger charge is -2.31. The third kappa shape index (κ3) is 3.94. The van der Waals surface area contributed by atoms with E-state index in [1.807, 2.05) is 48.5 Å². The highest BCUT2D eigenvalue weighted by atomic mass is 16.1. The van der Waals surface area contributed by atoms with Crippen LogP contribution in [0.3, 0.4) is 0 Å². The molecule has 0 unspecified atom stereocenters. The smallest absolute Gasteiger partial charge is 0.264 e. The van der Waals surface area contributed by atoms with Crippen molar-refractivity contribution < 1.29 is 0 Å². The fourth-order valence-corrected chi connectivity index (χ4v) is 6.93. The van der Waals surface area contributed by atoms with Crippen molar-refractivity contribution in [3.05, 3.63) is 174 Å². The van der Waals surface area contributed by atoms with Crippen LogP contribution in [-0.4, -0.2) is 9.38 Å². The first-order chi connectivity index (χ1) is 22.8. The summed E-state index contributed by atoms with van der Waals surface area (Å²) in [5.74, 6) is 0. The number of aromatic nitrogens is 2. The minimum absolute atomic E-state index is 0.0557. The first-order valence-corrected chi connectivity index (χ1v) is 15.5. The summed E-state index contributed by atoms with van der Waals surface area (Å²) in [5, 5.41) is 3.55. The Morgan fingerprint density at radius 1 is 0.457 bits per heavy atom. The number of anilines is 3. The van der Waals surface area contributed by atoms with Gasteiger partial charge in [-0.2, -0.15) is 0 Å². The average molecular weight is 590 g/mol. The standard InChI is InChI=1S/C42H27N3O/c46-42-34-21-13-20-32-38(27-26-33(40(32)34)41-43-35-22-9-12-25-39(35)45(41)42)44(36-23-10-7-18-30(36)28-14-3-1-4-15-28)37-24-11-8-19-31(37)29-16-5-2-6-17-29/h1-27H. The molecule has 0 saturated carbocycles. The van der Waals surface area contributed by atoms with Crippen molar-refractivity contribution in [3.8, 4) is 22.3 Å². The second kappa shape index (κ2) is 10.4. The van der Waals surface area contributed by atoms with Crippen molar-refractivity contribution in [3.63, 3.8) is 0 Å². The fraction of sp³-hybridized carbons (Fsp3) is 0. The van der Waals surface area contributed by atoms with Gasteiger partial charge in [0.15, 0.2) is 0 Å². The van der Waals surface area contributed by atoms with Crippen molar-refractivity contribution in [2.75, 3.05) is 4.90 Å². The summed E-state index contributed by atoms with van der Waals surface area (Å²) in [7, 11) is 0. The molecule has 46 heavy (non-hydrogen) atoms. The molecule has 2 heterocycles.